The summed E-state index contributed by atoms with van der Waals surface area (Å²) in [5.41, 5.74) is 0.245. The largest absolute Gasteiger partial charge is 0.479 e. The highest BCUT2D eigenvalue weighted by Gasteiger charge is 2.42. The molecule has 4 rings (SSSR count). The lowest BCUT2D eigenvalue weighted by atomic mass is 9.78. The maximum atomic E-state index is 12.5. The highest BCUT2D eigenvalue weighted by atomic mass is 16.5. The minimum Gasteiger partial charge on any atom is -0.479 e. The summed E-state index contributed by atoms with van der Waals surface area (Å²) in [5.74, 6) is 1.24. The number of methoxy groups -OCH3 is 1. The first-order valence-electron chi connectivity index (χ1n) is 8.51. The molecular formula is C17H21N5O3. The summed E-state index contributed by atoms with van der Waals surface area (Å²) >= 11 is 0. The second-order valence-electron chi connectivity index (χ2n) is 6.75. The van der Waals surface area contributed by atoms with E-state index in [0.717, 1.165) is 51.4 Å². The average molecular weight is 343 g/mol. The van der Waals surface area contributed by atoms with Crippen LogP contribution >= 0.6 is 0 Å². The van der Waals surface area contributed by atoms with Gasteiger partial charge in [-0.2, -0.15) is 0 Å². The Morgan fingerprint density at radius 1 is 1.20 bits per heavy atom. The Morgan fingerprint density at radius 3 is 2.60 bits per heavy atom. The van der Waals surface area contributed by atoms with E-state index < -0.39 is 0 Å². The number of nitrogens with zero attached hydrogens (tertiary/aromatic N) is 5. The minimum absolute atomic E-state index is 0.119. The fourth-order valence-electron chi connectivity index (χ4n) is 3.76. The Bertz CT molecular complexity index is 740. The SMILES string of the molecule is COc1cc(C(=O)N2CCC3(CC2)CCN(c2ncccn2)C3)on1. The zero-order valence-electron chi connectivity index (χ0n) is 14.2. The number of carbonyl (C=O) groups is 1. The van der Waals surface area contributed by atoms with Crippen LogP contribution in [0.2, 0.25) is 0 Å². The molecule has 8 heteroatoms. The van der Waals surface area contributed by atoms with Crippen molar-refractivity contribution in [3.05, 3.63) is 30.3 Å². The number of rotatable bonds is 3. The van der Waals surface area contributed by atoms with E-state index in [1.54, 1.807) is 12.4 Å². The molecule has 2 aliphatic heterocycles. The molecule has 0 aromatic carbocycles. The summed E-state index contributed by atoms with van der Waals surface area (Å²) in [7, 11) is 1.50. The van der Waals surface area contributed by atoms with Crippen LogP contribution in [0.5, 0.6) is 5.88 Å². The van der Waals surface area contributed by atoms with E-state index in [1.165, 1.54) is 13.2 Å². The van der Waals surface area contributed by atoms with Gasteiger partial charge in [-0.1, -0.05) is 0 Å². The zero-order chi connectivity index (χ0) is 17.3. The molecule has 0 aliphatic carbocycles. The zero-order valence-corrected chi connectivity index (χ0v) is 14.2. The third-order valence-electron chi connectivity index (χ3n) is 5.29. The van der Waals surface area contributed by atoms with Gasteiger partial charge in [0, 0.05) is 38.6 Å². The highest BCUT2D eigenvalue weighted by Crippen LogP contribution is 2.41. The van der Waals surface area contributed by atoms with Crippen LogP contribution in [-0.4, -0.2) is 59.2 Å². The van der Waals surface area contributed by atoms with Gasteiger partial charge in [0.25, 0.3) is 11.8 Å². The van der Waals surface area contributed by atoms with E-state index in [0.29, 0.717) is 5.88 Å². The van der Waals surface area contributed by atoms with Crippen molar-refractivity contribution in [1.29, 1.82) is 0 Å². The van der Waals surface area contributed by atoms with Crippen molar-refractivity contribution >= 4 is 11.9 Å². The van der Waals surface area contributed by atoms with E-state index >= 15 is 0 Å². The van der Waals surface area contributed by atoms with Gasteiger partial charge in [-0.15, -0.1) is 0 Å². The summed E-state index contributed by atoms with van der Waals surface area (Å²) in [6.45, 7) is 3.38. The van der Waals surface area contributed by atoms with Crippen LogP contribution in [0.1, 0.15) is 29.8 Å². The molecule has 1 amide bonds. The number of aromatic nitrogens is 3. The van der Waals surface area contributed by atoms with Gasteiger partial charge < -0.3 is 19.1 Å². The third-order valence-corrected chi connectivity index (χ3v) is 5.29. The molecule has 2 aromatic rings. The number of piperidine rings is 1. The van der Waals surface area contributed by atoms with Crippen molar-refractivity contribution in [2.24, 2.45) is 5.41 Å². The number of hydrogen-bond acceptors (Lipinski definition) is 7. The molecule has 0 bridgehead atoms. The van der Waals surface area contributed by atoms with Gasteiger partial charge in [0.2, 0.25) is 11.7 Å². The van der Waals surface area contributed by atoms with E-state index in [2.05, 4.69) is 20.0 Å². The average Bonchev–Trinajstić information content (AvgIpc) is 3.30. The van der Waals surface area contributed by atoms with Crippen molar-refractivity contribution in [2.75, 3.05) is 38.2 Å². The normalized spacial score (nSPS) is 19.4. The number of hydrogen-bond donors (Lipinski definition) is 0. The molecule has 2 aromatic heterocycles. The molecule has 8 nitrogen and oxygen atoms in total. The van der Waals surface area contributed by atoms with Gasteiger partial charge in [-0.05, 0) is 35.9 Å². The molecule has 0 atom stereocenters. The number of ether oxygens (including phenoxy) is 1. The Labute approximate surface area is 145 Å². The Hall–Kier alpha value is -2.64. The van der Waals surface area contributed by atoms with Gasteiger partial charge in [0.15, 0.2) is 0 Å². The number of amides is 1. The molecule has 132 valence electrons. The molecule has 4 heterocycles. The quantitative estimate of drug-likeness (QED) is 0.837. The van der Waals surface area contributed by atoms with Crippen molar-refractivity contribution in [3.8, 4) is 5.88 Å². The maximum absolute atomic E-state index is 12.5. The molecule has 2 aliphatic rings. The molecule has 0 saturated carbocycles. The number of carbonyl (C=O) groups excluding carboxylic acids is 1. The first-order chi connectivity index (χ1) is 12.2. The van der Waals surface area contributed by atoms with Crippen molar-refractivity contribution in [1.82, 2.24) is 20.0 Å². The van der Waals surface area contributed by atoms with Gasteiger partial charge in [-0.3, -0.25) is 4.79 Å². The Morgan fingerprint density at radius 2 is 1.92 bits per heavy atom. The highest BCUT2D eigenvalue weighted by molar-refractivity contribution is 5.91. The van der Waals surface area contributed by atoms with E-state index in [4.69, 9.17) is 9.26 Å². The fourth-order valence-corrected chi connectivity index (χ4v) is 3.76. The molecule has 1 spiro atoms. The lowest BCUT2D eigenvalue weighted by Crippen LogP contribution is -2.44. The minimum atomic E-state index is -0.119. The van der Waals surface area contributed by atoms with Crippen molar-refractivity contribution in [3.63, 3.8) is 0 Å². The van der Waals surface area contributed by atoms with Crippen LogP contribution in [0.4, 0.5) is 5.95 Å². The first kappa shape index (κ1) is 15.9. The van der Waals surface area contributed by atoms with Crippen LogP contribution in [0.15, 0.2) is 29.0 Å². The number of likely N-dealkylation sites (tertiary alicyclic amines) is 1. The van der Waals surface area contributed by atoms with Crippen molar-refractivity contribution < 1.29 is 14.1 Å². The van der Waals surface area contributed by atoms with Crippen LogP contribution in [0.25, 0.3) is 0 Å². The molecule has 2 fully saturated rings. The molecule has 0 unspecified atom stereocenters. The van der Waals surface area contributed by atoms with E-state index in [1.807, 2.05) is 11.0 Å². The molecule has 2 saturated heterocycles. The van der Waals surface area contributed by atoms with Crippen LogP contribution in [-0.2, 0) is 0 Å². The summed E-state index contributed by atoms with van der Waals surface area (Å²) in [4.78, 5) is 25.3. The summed E-state index contributed by atoms with van der Waals surface area (Å²) < 4.78 is 10.0. The van der Waals surface area contributed by atoms with Crippen LogP contribution < -0.4 is 9.64 Å². The lowest BCUT2D eigenvalue weighted by Gasteiger charge is -2.38. The predicted molar refractivity (Wildman–Crippen MR) is 89.5 cm³/mol. The predicted octanol–water partition coefficient (Wildman–Crippen LogP) is 1.61. The Balaban J connectivity index is 1.37. The van der Waals surface area contributed by atoms with Gasteiger partial charge in [-0.25, -0.2) is 9.97 Å². The summed E-state index contributed by atoms with van der Waals surface area (Å²) in [6, 6.07) is 3.37. The van der Waals surface area contributed by atoms with Crippen LogP contribution in [0, 0.1) is 5.41 Å². The lowest BCUT2D eigenvalue weighted by molar-refractivity contribution is 0.0570. The second kappa shape index (κ2) is 6.34. The smallest absolute Gasteiger partial charge is 0.292 e. The molecule has 0 N–H and O–H groups in total. The third kappa shape index (κ3) is 3.04. The summed E-state index contributed by atoms with van der Waals surface area (Å²) in [5, 5.41) is 3.70. The number of anilines is 1. The van der Waals surface area contributed by atoms with Gasteiger partial charge >= 0.3 is 0 Å². The van der Waals surface area contributed by atoms with E-state index in [-0.39, 0.29) is 17.1 Å². The molecule has 0 radical (unpaired) electrons. The van der Waals surface area contributed by atoms with E-state index in [9.17, 15) is 4.79 Å². The van der Waals surface area contributed by atoms with Gasteiger partial charge in [0.05, 0.1) is 13.2 Å². The monoisotopic (exact) mass is 343 g/mol. The van der Waals surface area contributed by atoms with Crippen LogP contribution in [0.3, 0.4) is 0 Å². The standard InChI is InChI=1S/C17H21N5O3/c1-24-14-11-13(25-20-14)15(23)21-8-3-17(4-9-21)5-10-22(12-17)16-18-6-2-7-19-16/h2,6-7,11H,3-5,8-10,12H2,1H3. The molecule has 25 heavy (non-hydrogen) atoms. The van der Waals surface area contributed by atoms with Crippen molar-refractivity contribution in [2.45, 2.75) is 19.3 Å². The first-order valence-corrected chi connectivity index (χ1v) is 8.51. The Kier molecular flexibility index (Phi) is 4.03. The topological polar surface area (TPSA) is 84.6 Å². The fraction of sp³-hybridized carbons (Fsp3) is 0.529. The van der Waals surface area contributed by atoms with Gasteiger partial charge in [0.1, 0.15) is 0 Å². The second-order valence-corrected chi connectivity index (χ2v) is 6.75. The summed E-state index contributed by atoms with van der Waals surface area (Å²) in [6.07, 6.45) is 6.63. The maximum Gasteiger partial charge on any atom is 0.292 e. The molecular weight excluding hydrogens is 322 g/mol.